The summed E-state index contributed by atoms with van der Waals surface area (Å²) in [5.74, 6) is -7.60. The largest absolute Gasteiger partial charge is 0.480 e. The average Bonchev–Trinajstić information content (AvgIpc) is 4.10. The van der Waals surface area contributed by atoms with Crippen molar-refractivity contribution in [1.29, 1.82) is 0 Å². The van der Waals surface area contributed by atoms with Gasteiger partial charge >= 0.3 is 23.9 Å². The SMILES string of the molecule is CCOC(=O)C1=C(CN2CC(F)C(OCC(=O)O)C(F)C2)NC(c2nccs2)=N[C@@]1(C)c1ccc(F)cc1.CCOC(=O)C1=C(CN2CCC(OCC(=O)O)C(F)(F)C2)NC(c2nccs2)=N[C@@]1(C)c1ccc(F)cc1. The van der Waals surface area contributed by atoms with Crippen LogP contribution in [0, 0.1) is 11.6 Å². The van der Waals surface area contributed by atoms with E-state index in [0.29, 0.717) is 44.2 Å². The van der Waals surface area contributed by atoms with Gasteiger partial charge in [-0.3, -0.25) is 9.80 Å². The Hall–Kier alpha value is -6.58. The molecule has 0 radical (unpaired) electrons. The Balaban J connectivity index is 0.000000221. The van der Waals surface area contributed by atoms with Crippen LogP contribution < -0.4 is 10.6 Å². The van der Waals surface area contributed by atoms with Gasteiger partial charge in [-0.1, -0.05) is 24.3 Å². The van der Waals surface area contributed by atoms with Crippen LogP contribution in [0.5, 0.6) is 0 Å². The summed E-state index contributed by atoms with van der Waals surface area (Å²) in [7, 11) is 0. The molecule has 4 aliphatic heterocycles. The molecular formula is C50H54F6N8O10S2. The summed E-state index contributed by atoms with van der Waals surface area (Å²) in [5, 5.41) is 28.4. The number of halogens is 6. The predicted octanol–water partition coefficient (Wildman–Crippen LogP) is 6.00. The molecule has 26 heteroatoms. The predicted molar refractivity (Wildman–Crippen MR) is 265 cm³/mol. The van der Waals surface area contributed by atoms with Gasteiger partial charge in [0.05, 0.1) is 30.9 Å². The number of benzene rings is 2. The maximum absolute atomic E-state index is 14.9. The van der Waals surface area contributed by atoms with E-state index in [4.69, 9.17) is 39.1 Å². The minimum Gasteiger partial charge on any atom is -0.480 e. The summed E-state index contributed by atoms with van der Waals surface area (Å²) in [5.41, 5.74) is -0.846. The van der Waals surface area contributed by atoms with Crippen LogP contribution in [0.25, 0.3) is 0 Å². The van der Waals surface area contributed by atoms with Gasteiger partial charge in [0.15, 0.2) is 21.7 Å². The third-order valence-corrected chi connectivity index (χ3v) is 14.1. The van der Waals surface area contributed by atoms with E-state index in [9.17, 15) is 45.5 Å². The van der Waals surface area contributed by atoms with Crippen molar-refractivity contribution in [3.05, 3.63) is 127 Å². The van der Waals surface area contributed by atoms with E-state index < -0.39 is 96.8 Å². The molecule has 76 heavy (non-hydrogen) atoms. The molecule has 4 aromatic rings. The van der Waals surface area contributed by atoms with Gasteiger partial charge < -0.3 is 39.8 Å². The highest BCUT2D eigenvalue weighted by Crippen LogP contribution is 2.42. The van der Waals surface area contributed by atoms with Crippen LogP contribution in [0.4, 0.5) is 26.3 Å². The molecule has 5 atom stereocenters. The molecule has 18 nitrogen and oxygen atoms in total. The van der Waals surface area contributed by atoms with E-state index in [1.165, 1.54) is 81.0 Å². The maximum Gasteiger partial charge on any atom is 0.338 e. The number of piperidine rings is 2. The number of alkyl halides is 4. The molecule has 2 saturated heterocycles. The van der Waals surface area contributed by atoms with E-state index in [1.54, 1.807) is 50.8 Å². The van der Waals surface area contributed by atoms with E-state index >= 15 is 0 Å². The molecule has 6 heterocycles. The molecule has 2 aromatic heterocycles. The fourth-order valence-electron chi connectivity index (χ4n) is 9.21. The zero-order chi connectivity index (χ0) is 55.0. The lowest BCUT2D eigenvalue weighted by Gasteiger charge is -2.40. The van der Waals surface area contributed by atoms with Crippen molar-refractivity contribution in [2.24, 2.45) is 9.98 Å². The fourth-order valence-corrected chi connectivity index (χ4v) is 10.4. The Morgan fingerprint density at radius 1 is 0.697 bits per heavy atom. The lowest BCUT2D eigenvalue weighted by Crippen LogP contribution is -2.55. The van der Waals surface area contributed by atoms with E-state index in [0.717, 1.165) is 0 Å². The zero-order valence-electron chi connectivity index (χ0n) is 41.4. The third-order valence-electron chi connectivity index (χ3n) is 12.6. The normalized spacial score (nSPS) is 24.8. The molecule has 0 amide bonds. The number of nitrogens with zero attached hydrogens (tertiary/aromatic N) is 6. The number of hydrogen-bond acceptors (Lipinski definition) is 18. The second-order valence-electron chi connectivity index (χ2n) is 18.0. The Bertz CT molecular complexity index is 2670. The number of esters is 2. The smallest absolute Gasteiger partial charge is 0.338 e. The lowest BCUT2D eigenvalue weighted by atomic mass is 9.82. The van der Waals surface area contributed by atoms with Crippen molar-refractivity contribution in [2.45, 2.75) is 75.7 Å². The lowest BCUT2D eigenvalue weighted by molar-refractivity contribution is -0.180. The van der Waals surface area contributed by atoms with Crippen LogP contribution in [0.15, 0.2) is 104 Å². The third kappa shape index (κ3) is 13.3. The Kier molecular flexibility index (Phi) is 18.5. The number of carboxylic acids is 2. The fraction of sp³-hybridized carbons (Fsp3) is 0.440. The topological polar surface area (TPSA) is 227 Å². The number of rotatable bonds is 18. The van der Waals surface area contributed by atoms with Gasteiger partial charge in [-0.25, -0.2) is 65.5 Å². The molecule has 4 aliphatic rings. The van der Waals surface area contributed by atoms with Crippen LogP contribution >= 0.6 is 22.7 Å². The van der Waals surface area contributed by atoms with E-state index in [2.05, 4.69) is 20.6 Å². The molecule has 4 N–H and O–H groups in total. The van der Waals surface area contributed by atoms with E-state index in [1.807, 2.05) is 0 Å². The first kappa shape index (κ1) is 57.1. The number of thiazole rings is 2. The number of aliphatic carboxylic acids is 2. The molecular weight excluding hydrogens is 1050 g/mol. The van der Waals surface area contributed by atoms with Gasteiger partial charge in [0.2, 0.25) is 0 Å². The van der Waals surface area contributed by atoms with Crippen molar-refractivity contribution in [3.63, 3.8) is 0 Å². The minimum absolute atomic E-state index is 0.0720. The van der Waals surface area contributed by atoms with Gasteiger partial charge in [-0.05, 0) is 69.5 Å². The van der Waals surface area contributed by atoms with Gasteiger partial charge in [0.1, 0.15) is 60.5 Å². The number of likely N-dealkylation sites (tertiary alicyclic amines) is 2. The highest BCUT2D eigenvalue weighted by atomic mass is 32.1. The molecule has 2 fully saturated rings. The number of carbonyl (C=O) groups is 4. The number of aliphatic imine (C=N–C) groups is 2. The van der Waals surface area contributed by atoms with Gasteiger partial charge in [0.25, 0.3) is 5.92 Å². The Morgan fingerprint density at radius 3 is 1.53 bits per heavy atom. The van der Waals surface area contributed by atoms with Gasteiger partial charge in [0, 0.05) is 67.3 Å². The van der Waals surface area contributed by atoms with Crippen molar-refractivity contribution >= 4 is 58.2 Å². The first-order valence-corrected chi connectivity index (χ1v) is 25.6. The summed E-state index contributed by atoms with van der Waals surface area (Å²) in [6.45, 7) is 3.95. The molecule has 3 unspecified atom stereocenters. The molecule has 408 valence electrons. The minimum atomic E-state index is -3.32. The monoisotopic (exact) mass is 1100 g/mol. The van der Waals surface area contributed by atoms with Crippen molar-refractivity contribution < 1.29 is 74.7 Å². The summed E-state index contributed by atoms with van der Waals surface area (Å²) in [6.07, 6.45) is -3.58. The summed E-state index contributed by atoms with van der Waals surface area (Å²) in [4.78, 5) is 69.3. The molecule has 2 aromatic carbocycles. The number of carbonyl (C=O) groups excluding carboxylic acids is 2. The number of aromatic nitrogens is 2. The number of ether oxygens (including phenoxy) is 4. The molecule has 0 spiro atoms. The van der Waals surface area contributed by atoms with E-state index in [-0.39, 0.29) is 63.5 Å². The van der Waals surface area contributed by atoms with Gasteiger partial charge in [-0.15, -0.1) is 22.7 Å². The average molecular weight is 1110 g/mol. The van der Waals surface area contributed by atoms with Crippen LogP contribution in [0.1, 0.15) is 55.3 Å². The van der Waals surface area contributed by atoms with Crippen LogP contribution in [-0.2, 0) is 49.2 Å². The number of amidine groups is 2. The Morgan fingerprint density at radius 2 is 1.13 bits per heavy atom. The summed E-state index contributed by atoms with van der Waals surface area (Å²) < 4.78 is 108. The highest BCUT2D eigenvalue weighted by molar-refractivity contribution is 7.12. The first-order chi connectivity index (χ1) is 36.1. The van der Waals surface area contributed by atoms with Crippen LogP contribution in [-0.4, -0.2) is 162 Å². The standard InChI is InChI=1S/2C25H27F3N4O5S/c1-3-36-23(35)20-17(12-32-10-8-18(25(27,28)14-32)37-13-19(33)34)30-21(22-29-9-11-38-22)31-24(20,2)15-4-6-16(26)7-5-15;1-3-36-24(35)20-18(12-32-10-16(27)21(17(28)11-32)37-13-19(33)34)30-22(23-29-8-9-38-23)31-25(20,2)14-4-6-15(26)7-5-14/h4-7,9,11,18H,3,8,10,12-14H2,1-2H3,(H,30,31)(H,33,34);4-9,16-17,21H,3,10-13H2,1-2H3,(H,30,31)(H,33,34)/t18?,24-;16?,17?,21?,25-/m00/s1. The number of nitrogens with one attached hydrogen (secondary N) is 2. The zero-order valence-corrected chi connectivity index (χ0v) is 43.1. The molecule has 0 aliphatic carbocycles. The first-order valence-electron chi connectivity index (χ1n) is 23.8. The highest BCUT2D eigenvalue weighted by Gasteiger charge is 2.49. The second kappa shape index (κ2) is 24.6. The van der Waals surface area contributed by atoms with Crippen molar-refractivity contribution in [1.82, 2.24) is 30.4 Å². The number of carboxylic acid groups (broad SMARTS) is 2. The molecule has 8 rings (SSSR count). The second-order valence-corrected chi connectivity index (χ2v) is 19.8. The van der Waals surface area contributed by atoms with Crippen molar-refractivity contribution in [3.8, 4) is 0 Å². The molecule has 0 saturated carbocycles. The summed E-state index contributed by atoms with van der Waals surface area (Å²) >= 11 is 2.61. The Labute approximate surface area is 440 Å². The van der Waals surface area contributed by atoms with Crippen LogP contribution in [0.3, 0.4) is 0 Å². The number of hydrogen-bond donors (Lipinski definition) is 4. The van der Waals surface area contributed by atoms with Gasteiger partial charge in [-0.2, -0.15) is 0 Å². The molecule has 0 bridgehead atoms. The quantitative estimate of drug-likeness (QED) is 0.0662. The summed E-state index contributed by atoms with van der Waals surface area (Å²) in [6, 6.07) is 11.1. The maximum atomic E-state index is 14.9. The van der Waals surface area contributed by atoms with Crippen LogP contribution in [0.2, 0.25) is 0 Å². The van der Waals surface area contributed by atoms with Crippen molar-refractivity contribution in [2.75, 3.05) is 65.7 Å².